The van der Waals surface area contributed by atoms with Crippen LogP contribution in [0.25, 0.3) is 0 Å². The Labute approximate surface area is 136 Å². The second-order valence-electron chi connectivity index (χ2n) is 5.92. The average molecular weight is 359 g/mol. The number of halogens is 1. The van der Waals surface area contributed by atoms with Gasteiger partial charge in [-0.3, -0.25) is 4.90 Å². The quantitative estimate of drug-likeness (QED) is 0.784. The Morgan fingerprint density at radius 1 is 1.30 bits per heavy atom. The molecule has 2 nitrogen and oxygen atoms in total. The zero-order valence-corrected chi connectivity index (χ0v) is 15.3. The lowest BCUT2D eigenvalue weighted by atomic mass is 9.82. The molecule has 0 radical (unpaired) electrons. The summed E-state index contributed by atoms with van der Waals surface area (Å²) in [5.74, 6) is 0. The predicted octanol–water partition coefficient (Wildman–Crippen LogP) is 4.82. The summed E-state index contributed by atoms with van der Waals surface area (Å²) in [5, 5.41) is 8.25. The minimum atomic E-state index is 0.194. The zero-order valence-electron chi connectivity index (χ0n) is 12.9. The number of piperidine rings is 1. The summed E-state index contributed by atoms with van der Waals surface area (Å²) in [7, 11) is 0. The molecule has 0 aromatic carbocycles. The first-order chi connectivity index (χ1) is 9.63. The van der Waals surface area contributed by atoms with E-state index in [1.54, 1.807) is 11.3 Å². The highest BCUT2D eigenvalue weighted by Gasteiger charge is 2.40. The molecular formula is C16H27BrN2S. The third kappa shape index (κ3) is 3.29. The molecule has 1 aromatic rings. The normalized spacial score (nSPS) is 21.6. The molecule has 20 heavy (non-hydrogen) atoms. The summed E-state index contributed by atoms with van der Waals surface area (Å²) >= 11 is 5.52. The fraction of sp³-hybridized carbons (Fsp3) is 0.750. The van der Waals surface area contributed by atoms with E-state index in [-0.39, 0.29) is 5.54 Å². The lowest BCUT2D eigenvalue weighted by molar-refractivity contribution is 0.0428. The molecule has 1 N–H and O–H groups in total. The van der Waals surface area contributed by atoms with E-state index in [1.165, 1.54) is 48.8 Å². The average Bonchev–Trinajstić information content (AvgIpc) is 2.91. The monoisotopic (exact) mass is 358 g/mol. The van der Waals surface area contributed by atoms with Crippen molar-refractivity contribution in [3.63, 3.8) is 0 Å². The van der Waals surface area contributed by atoms with Crippen LogP contribution in [0.5, 0.6) is 0 Å². The van der Waals surface area contributed by atoms with Gasteiger partial charge in [-0.1, -0.05) is 20.3 Å². The molecule has 4 heteroatoms. The van der Waals surface area contributed by atoms with Crippen molar-refractivity contribution in [2.24, 2.45) is 0 Å². The topological polar surface area (TPSA) is 15.3 Å². The van der Waals surface area contributed by atoms with E-state index in [9.17, 15) is 0 Å². The van der Waals surface area contributed by atoms with E-state index >= 15 is 0 Å². The Morgan fingerprint density at radius 3 is 2.50 bits per heavy atom. The van der Waals surface area contributed by atoms with Crippen molar-refractivity contribution in [1.82, 2.24) is 10.2 Å². The number of nitrogens with one attached hydrogen (secondary N) is 1. The fourth-order valence-corrected chi connectivity index (χ4v) is 4.93. The van der Waals surface area contributed by atoms with Crippen molar-refractivity contribution in [2.45, 2.75) is 58.0 Å². The van der Waals surface area contributed by atoms with Gasteiger partial charge in [-0.15, -0.1) is 0 Å². The van der Waals surface area contributed by atoms with Crippen LogP contribution in [-0.4, -0.2) is 30.1 Å². The number of nitrogens with zero attached hydrogens (tertiary/aromatic N) is 1. The Hall–Kier alpha value is 0.1000. The first kappa shape index (κ1) is 16.5. The van der Waals surface area contributed by atoms with Crippen LogP contribution >= 0.6 is 27.3 Å². The van der Waals surface area contributed by atoms with Gasteiger partial charge in [-0.25, -0.2) is 0 Å². The van der Waals surface area contributed by atoms with Crippen LogP contribution in [0.2, 0.25) is 0 Å². The van der Waals surface area contributed by atoms with Crippen molar-refractivity contribution in [3.8, 4) is 0 Å². The smallest absolute Gasteiger partial charge is 0.0523 e. The van der Waals surface area contributed by atoms with Crippen LogP contribution in [0.1, 0.15) is 58.1 Å². The largest absolute Gasteiger partial charge is 0.309 e. The van der Waals surface area contributed by atoms with Gasteiger partial charge in [0.25, 0.3) is 0 Å². The van der Waals surface area contributed by atoms with Gasteiger partial charge in [-0.05, 0) is 72.7 Å². The molecule has 2 unspecified atom stereocenters. The van der Waals surface area contributed by atoms with Crippen LogP contribution in [0.15, 0.2) is 15.2 Å². The van der Waals surface area contributed by atoms with Crippen molar-refractivity contribution < 1.29 is 0 Å². The Kier molecular flexibility index (Phi) is 6.09. The van der Waals surface area contributed by atoms with Crippen LogP contribution in [-0.2, 0) is 0 Å². The minimum absolute atomic E-state index is 0.194. The summed E-state index contributed by atoms with van der Waals surface area (Å²) in [6, 6.07) is 0.399. The summed E-state index contributed by atoms with van der Waals surface area (Å²) in [6.45, 7) is 10.5. The van der Waals surface area contributed by atoms with Crippen molar-refractivity contribution >= 4 is 27.3 Å². The number of likely N-dealkylation sites (tertiary alicyclic amines) is 1. The third-order valence-corrected chi connectivity index (χ3v) is 6.53. The molecule has 2 heterocycles. The number of likely N-dealkylation sites (N-methyl/N-ethyl adjacent to an activating group) is 1. The van der Waals surface area contributed by atoms with Gasteiger partial charge in [0, 0.05) is 15.4 Å². The molecule has 0 bridgehead atoms. The molecule has 1 aromatic heterocycles. The Bertz CT molecular complexity index is 414. The van der Waals surface area contributed by atoms with Gasteiger partial charge in [0.15, 0.2) is 0 Å². The first-order valence-electron chi connectivity index (χ1n) is 7.83. The summed E-state index contributed by atoms with van der Waals surface area (Å²) in [4.78, 5) is 2.72. The van der Waals surface area contributed by atoms with E-state index in [2.05, 4.69) is 57.7 Å². The Morgan fingerprint density at radius 2 is 2.00 bits per heavy atom. The summed E-state index contributed by atoms with van der Waals surface area (Å²) < 4.78 is 1.25. The molecule has 1 aliphatic rings. The highest BCUT2D eigenvalue weighted by molar-refractivity contribution is 9.10. The summed E-state index contributed by atoms with van der Waals surface area (Å²) in [5.41, 5.74) is 1.62. The molecule has 0 amide bonds. The molecule has 1 fully saturated rings. The molecule has 2 rings (SSSR count). The van der Waals surface area contributed by atoms with Crippen molar-refractivity contribution in [1.29, 1.82) is 0 Å². The highest BCUT2D eigenvalue weighted by Crippen LogP contribution is 2.40. The number of thiophene rings is 1. The molecular weight excluding hydrogens is 332 g/mol. The number of rotatable bonds is 6. The zero-order chi connectivity index (χ0) is 14.6. The molecule has 1 aliphatic heterocycles. The van der Waals surface area contributed by atoms with Gasteiger partial charge in [0.1, 0.15) is 0 Å². The van der Waals surface area contributed by atoms with Gasteiger partial charge in [0.05, 0.1) is 6.04 Å². The van der Waals surface area contributed by atoms with Crippen molar-refractivity contribution in [3.05, 3.63) is 20.8 Å². The minimum Gasteiger partial charge on any atom is -0.309 e. The molecule has 2 atom stereocenters. The van der Waals surface area contributed by atoms with Crippen LogP contribution in [0, 0.1) is 0 Å². The first-order valence-corrected chi connectivity index (χ1v) is 9.57. The van der Waals surface area contributed by atoms with E-state index < -0.39 is 0 Å². The maximum absolute atomic E-state index is 3.75. The van der Waals surface area contributed by atoms with Crippen LogP contribution < -0.4 is 5.32 Å². The van der Waals surface area contributed by atoms with Gasteiger partial charge in [0.2, 0.25) is 0 Å². The SMILES string of the molecule is CCNC(c1cscc1Br)C(C)(CC)N1CCCCC1. The molecule has 114 valence electrons. The van der Waals surface area contributed by atoms with Gasteiger partial charge < -0.3 is 5.32 Å². The molecule has 0 saturated carbocycles. The van der Waals surface area contributed by atoms with E-state index in [0.29, 0.717) is 6.04 Å². The van der Waals surface area contributed by atoms with E-state index in [0.717, 1.165) is 6.54 Å². The second-order valence-corrected chi connectivity index (χ2v) is 7.52. The number of hydrogen-bond donors (Lipinski definition) is 1. The second kappa shape index (κ2) is 7.39. The maximum atomic E-state index is 3.75. The van der Waals surface area contributed by atoms with Crippen molar-refractivity contribution in [2.75, 3.05) is 19.6 Å². The lowest BCUT2D eigenvalue weighted by Crippen LogP contribution is -2.55. The van der Waals surface area contributed by atoms with E-state index in [4.69, 9.17) is 0 Å². The molecule has 0 aliphatic carbocycles. The third-order valence-electron chi connectivity index (χ3n) is 4.78. The Balaban J connectivity index is 2.30. The molecule has 1 saturated heterocycles. The predicted molar refractivity (Wildman–Crippen MR) is 92.6 cm³/mol. The van der Waals surface area contributed by atoms with Gasteiger partial charge >= 0.3 is 0 Å². The summed E-state index contributed by atoms with van der Waals surface area (Å²) in [6.07, 6.45) is 5.26. The fourth-order valence-electron chi connectivity index (χ4n) is 3.38. The number of hydrogen-bond acceptors (Lipinski definition) is 3. The standard InChI is InChI=1S/C16H27BrN2S/c1-4-16(3,19-9-7-6-8-10-19)15(18-5-2)13-11-20-12-14(13)17/h11-12,15,18H,4-10H2,1-3H3. The van der Waals surface area contributed by atoms with Crippen LogP contribution in [0.4, 0.5) is 0 Å². The van der Waals surface area contributed by atoms with Gasteiger partial charge in [-0.2, -0.15) is 11.3 Å². The van der Waals surface area contributed by atoms with Crippen LogP contribution in [0.3, 0.4) is 0 Å². The van der Waals surface area contributed by atoms with E-state index in [1.807, 2.05) is 0 Å². The maximum Gasteiger partial charge on any atom is 0.0523 e. The molecule has 0 spiro atoms. The lowest BCUT2D eigenvalue weighted by Gasteiger charge is -2.48. The highest BCUT2D eigenvalue weighted by atomic mass is 79.9.